The maximum absolute atomic E-state index is 7.09. The van der Waals surface area contributed by atoms with Gasteiger partial charge in [0, 0.05) is 24.9 Å². The summed E-state index contributed by atoms with van der Waals surface area (Å²) in [7, 11) is 0. The lowest BCUT2D eigenvalue weighted by molar-refractivity contribution is -0.302. The van der Waals surface area contributed by atoms with E-state index < -0.39 is 5.79 Å². The van der Waals surface area contributed by atoms with Gasteiger partial charge in [0.15, 0.2) is 5.82 Å². The summed E-state index contributed by atoms with van der Waals surface area (Å²) in [6, 6.07) is 16.9. The van der Waals surface area contributed by atoms with Crippen LogP contribution in [0, 0.1) is 5.41 Å². The lowest BCUT2D eigenvalue weighted by Gasteiger charge is -2.39. The topological polar surface area (TPSA) is 104 Å². The molecule has 0 atom stereocenters. The van der Waals surface area contributed by atoms with Gasteiger partial charge in [-0.15, -0.1) is 5.10 Å². The number of aromatic nitrogens is 7. The zero-order valence-corrected chi connectivity index (χ0v) is 28.2. The van der Waals surface area contributed by atoms with Crippen LogP contribution in [0.15, 0.2) is 48.5 Å². The molecule has 46 heavy (non-hydrogen) atoms. The number of ether oxygens (including phenoxy) is 2. The lowest BCUT2D eigenvalue weighted by atomic mass is 9.96. The first-order chi connectivity index (χ1) is 22.3. The van der Waals surface area contributed by atoms with Gasteiger partial charge in [-0.2, -0.15) is 5.10 Å². The van der Waals surface area contributed by atoms with Crippen LogP contribution in [0.5, 0.6) is 0 Å². The largest absolute Gasteiger partial charge is 0.340 e. The van der Waals surface area contributed by atoms with Gasteiger partial charge in [0.1, 0.15) is 5.82 Å². The van der Waals surface area contributed by atoms with Crippen molar-refractivity contribution in [2.45, 2.75) is 136 Å². The number of benzene rings is 2. The Hall–Kier alpha value is -3.43. The molecule has 2 fully saturated rings. The molecule has 0 radical (unpaired) electrons. The Kier molecular flexibility index (Phi) is 10.3. The quantitative estimate of drug-likeness (QED) is 0.158. The predicted octanol–water partition coefficient (Wildman–Crippen LogP) is 8.41. The summed E-state index contributed by atoms with van der Waals surface area (Å²) in [5.41, 5.74) is 4.37. The fourth-order valence-electron chi connectivity index (χ4n) is 7.04. The van der Waals surface area contributed by atoms with E-state index in [0.717, 1.165) is 67.6 Å². The molecule has 246 valence electrons. The molecular formula is C37H51N7O2. The number of H-pyrrole nitrogens is 1. The Morgan fingerprint density at radius 1 is 0.826 bits per heavy atom. The van der Waals surface area contributed by atoms with Gasteiger partial charge in [-0.3, -0.25) is 0 Å². The van der Waals surface area contributed by atoms with Gasteiger partial charge in [-0.1, -0.05) is 121 Å². The molecule has 1 N–H and O–H groups in total. The SMILES string of the molecule is CCCC(OC1CCCCC1)(OC1CCCCC1)c1nc(Cc2ccc(-c3ccccc3-c3nnn[nH]3)cc2)n(CC(C)(C)C)n1. The molecule has 0 amide bonds. The molecular weight excluding hydrogens is 574 g/mol. The van der Waals surface area contributed by atoms with E-state index in [2.05, 4.69) is 83.3 Å². The van der Waals surface area contributed by atoms with E-state index in [1.54, 1.807) is 0 Å². The van der Waals surface area contributed by atoms with Gasteiger partial charge in [-0.05, 0) is 58.2 Å². The summed E-state index contributed by atoms with van der Waals surface area (Å²) in [5.74, 6) is 1.39. The van der Waals surface area contributed by atoms with Gasteiger partial charge < -0.3 is 9.47 Å². The Morgan fingerprint density at radius 2 is 1.46 bits per heavy atom. The van der Waals surface area contributed by atoms with E-state index in [9.17, 15) is 0 Å². The number of hydrogen-bond donors (Lipinski definition) is 1. The van der Waals surface area contributed by atoms with Crippen LogP contribution in [0.2, 0.25) is 0 Å². The summed E-state index contributed by atoms with van der Waals surface area (Å²) >= 11 is 0. The van der Waals surface area contributed by atoms with Gasteiger partial charge in [-0.25, -0.2) is 14.8 Å². The summed E-state index contributed by atoms with van der Waals surface area (Å²) in [6.07, 6.45) is 14.5. The average molecular weight is 626 g/mol. The maximum Gasteiger partial charge on any atom is 0.232 e. The minimum absolute atomic E-state index is 0.0325. The predicted molar refractivity (Wildman–Crippen MR) is 180 cm³/mol. The van der Waals surface area contributed by atoms with Crippen LogP contribution in [0.25, 0.3) is 22.5 Å². The van der Waals surface area contributed by atoms with Crippen molar-refractivity contribution in [3.05, 3.63) is 65.7 Å². The highest BCUT2D eigenvalue weighted by Gasteiger charge is 2.43. The number of nitrogens with one attached hydrogen (secondary N) is 1. The van der Waals surface area contributed by atoms with Crippen LogP contribution in [-0.2, 0) is 28.2 Å². The average Bonchev–Trinajstić information content (AvgIpc) is 3.73. The highest BCUT2D eigenvalue weighted by atomic mass is 16.7. The first-order valence-corrected chi connectivity index (χ1v) is 17.5. The third-order valence-corrected chi connectivity index (χ3v) is 9.27. The minimum Gasteiger partial charge on any atom is -0.340 e. The lowest BCUT2D eigenvalue weighted by Crippen LogP contribution is -2.42. The summed E-state index contributed by atoms with van der Waals surface area (Å²) in [6.45, 7) is 9.75. The first-order valence-electron chi connectivity index (χ1n) is 17.5. The number of nitrogens with zero attached hydrogens (tertiary/aromatic N) is 6. The number of tetrazole rings is 1. The standard InChI is InChI=1S/C37H51N7O2/c1-5-24-37(45-29-14-8-6-9-15-29,46-30-16-10-7-11-17-30)35-38-33(44(41-35)26-36(2,3)4)25-27-20-22-28(23-21-27)31-18-12-13-19-32(31)34-39-42-43-40-34/h12-13,18-23,29-30H,5-11,14-17,24-26H2,1-4H3,(H,39,40,42,43). The highest BCUT2D eigenvalue weighted by Crippen LogP contribution is 2.39. The Balaban J connectivity index is 1.32. The fraction of sp³-hybridized carbons (Fsp3) is 0.595. The third-order valence-electron chi connectivity index (χ3n) is 9.27. The second-order valence-corrected chi connectivity index (χ2v) is 14.5. The van der Waals surface area contributed by atoms with E-state index in [1.165, 1.54) is 44.1 Å². The van der Waals surface area contributed by atoms with Gasteiger partial charge >= 0.3 is 0 Å². The van der Waals surface area contributed by atoms with Crippen molar-refractivity contribution in [3.63, 3.8) is 0 Å². The van der Waals surface area contributed by atoms with E-state index in [0.29, 0.717) is 18.1 Å². The molecule has 0 aliphatic heterocycles. The van der Waals surface area contributed by atoms with Crippen molar-refractivity contribution in [3.8, 4) is 22.5 Å². The van der Waals surface area contributed by atoms with Crippen LogP contribution in [0.1, 0.15) is 122 Å². The maximum atomic E-state index is 7.09. The molecule has 6 rings (SSSR count). The van der Waals surface area contributed by atoms with Crippen LogP contribution in [0.4, 0.5) is 0 Å². The number of rotatable bonds is 12. The molecule has 2 saturated carbocycles. The smallest absolute Gasteiger partial charge is 0.232 e. The van der Waals surface area contributed by atoms with Gasteiger partial charge in [0.25, 0.3) is 0 Å². The second kappa shape index (κ2) is 14.6. The second-order valence-electron chi connectivity index (χ2n) is 14.5. The van der Waals surface area contributed by atoms with Gasteiger partial charge in [0.2, 0.25) is 11.6 Å². The van der Waals surface area contributed by atoms with Crippen LogP contribution in [0.3, 0.4) is 0 Å². The van der Waals surface area contributed by atoms with Crippen molar-refractivity contribution < 1.29 is 9.47 Å². The van der Waals surface area contributed by atoms with Crippen molar-refractivity contribution in [1.29, 1.82) is 0 Å². The van der Waals surface area contributed by atoms with Crippen molar-refractivity contribution in [1.82, 2.24) is 35.4 Å². The van der Waals surface area contributed by atoms with Crippen molar-refractivity contribution >= 4 is 0 Å². The zero-order chi connectivity index (χ0) is 32.0. The minimum atomic E-state index is -0.917. The van der Waals surface area contributed by atoms with E-state index >= 15 is 0 Å². The van der Waals surface area contributed by atoms with E-state index in [1.807, 2.05) is 18.2 Å². The highest BCUT2D eigenvalue weighted by molar-refractivity contribution is 5.80. The number of aromatic amines is 1. The monoisotopic (exact) mass is 625 g/mol. The summed E-state index contributed by atoms with van der Waals surface area (Å²) < 4.78 is 16.3. The summed E-state index contributed by atoms with van der Waals surface area (Å²) in [4.78, 5) is 5.32. The molecule has 4 aromatic rings. The molecule has 9 heteroatoms. The molecule has 2 aromatic heterocycles. The fourth-order valence-corrected chi connectivity index (χ4v) is 7.04. The van der Waals surface area contributed by atoms with E-state index in [4.69, 9.17) is 19.6 Å². The molecule has 0 saturated heterocycles. The number of hydrogen-bond acceptors (Lipinski definition) is 7. The van der Waals surface area contributed by atoms with E-state index in [-0.39, 0.29) is 17.6 Å². The Morgan fingerprint density at radius 3 is 2.02 bits per heavy atom. The van der Waals surface area contributed by atoms with Crippen LogP contribution < -0.4 is 0 Å². The molecule has 2 aliphatic carbocycles. The molecule has 0 bridgehead atoms. The van der Waals surface area contributed by atoms with Crippen LogP contribution >= 0.6 is 0 Å². The zero-order valence-electron chi connectivity index (χ0n) is 28.2. The Bertz CT molecular complexity index is 1490. The molecule has 2 aliphatic rings. The Labute approximate surface area is 273 Å². The molecule has 0 spiro atoms. The molecule has 0 unspecified atom stereocenters. The van der Waals surface area contributed by atoms with Crippen LogP contribution in [-0.4, -0.2) is 47.6 Å². The first kappa shape index (κ1) is 32.5. The molecule has 2 heterocycles. The summed E-state index contributed by atoms with van der Waals surface area (Å²) in [5, 5.41) is 19.8. The van der Waals surface area contributed by atoms with Crippen molar-refractivity contribution in [2.24, 2.45) is 5.41 Å². The molecule has 9 nitrogen and oxygen atoms in total. The van der Waals surface area contributed by atoms with Crippen molar-refractivity contribution in [2.75, 3.05) is 0 Å². The van der Waals surface area contributed by atoms with Gasteiger partial charge in [0.05, 0.1) is 12.2 Å². The third kappa shape index (κ3) is 7.92. The molecule has 2 aromatic carbocycles. The normalized spacial score (nSPS) is 17.0.